The zero-order valence-electron chi connectivity index (χ0n) is 14.6. The number of hydrogen-bond donors (Lipinski definition) is 0. The molecular formula is C20H20N2O3S. The Kier molecular flexibility index (Phi) is 4.84. The topological polar surface area (TPSA) is 53.4 Å². The molecule has 1 aliphatic rings. The van der Waals surface area contributed by atoms with Crippen LogP contribution in [0, 0.1) is 0 Å². The molecule has 134 valence electrons. The van der Waals surface area contributed by atoms with E-state index in [1.54, 1.807) is 11.8 Å². The monoisotopic (exact) mass is 368 g/mol. The van der Waals surface area contributed by atoms with Gasteiger partial charge in [0.2, 0.25) is 6.79 Å². The summed E-state index contributed by atoms with van der Waals surface area (Å²) in [4.78, 5) is 17.6. The number of fused-ring (bicyclic) bond motifs is 2. The van der Waals surface area contributed by atoms with E-state index >= 15 is 0 Å². The molecule has 2 aromatic carbocycles. The first-order valence-corrected chi connectivity index (χ1v) is 9.75. The van der Waals surface area contributed by atoms with Gasteiger partial charge >= 0.3 is 0 Å². The van der Waals surface area contributed by atoms with E-state index < -0.39 is 0 Å². The van der Waals surface area contributed by atoms with Gasteiger partial charge in [-0.25, -0.2) is 4.98 Å². The zero-order chi connectivity index (χ0) is 17.9. The molecule has 0 fully saturated rings. The van der Waals surface area contributed by atoms with E-state index in [0.717, 1.165) is 40.6 Å². The van der Waals surface area contributed by atoms with E-state index in [9.17, 15) is 4.79 Å². The van der Waals surface area contributed by atoms with Crippen LogP contribution >= 0.6 is 11.8 Å². The number of unbranched alkanes of at least 4 members (excludes halogenated alkanes) is 1. The lowest BCUT2D eigenvalue weighted by atomic mass is 10.2. The summed E-state index contributed by atoms with van der Waals surface area (Å²) >= 11 is 1.58. The van der Waals surface area contributed by atoms with Gasteiger partial charge in [0.15, 0.2) is 16.7 Å². The Bertz CT molecular complexity index is 1000. The van der Waals surface area contributed by atoms with Crippen LogP contribution in [0.4, 0.5) is 0 Å². The van der Waals surface area contributed by atoms with Crippen molar-refractivity contribution in [3.05, 3.63) is 58.4 Å². The molecular weight excluding hydrogens is 348 g/mol. The predicted octanol–water partition coefficient (Wildman–Crippen LogP) is 4.22. The van der Waals surface area contributed by atoms with Crippen LogP contribution in [0.2, 0.25) is 0 Å². The Labute approximate surface area is 156 Å². The molecule has 6 heteroatoms. The van der Waals surface area contributed by atoms with E-state index in [2.05, 4.69) is 6.92 Å². The van der Waals surface area contributed by atoms with E-state index in [4.69, 9.17) is 14.5 Å². The second-order valence-electron chi connectivity index (χ2n) is 6.20. The molecule has 0 amide bonds. The van der Waals surface area contributed by atoms with Crippen molar-refractivity contribution in [1.82, 2.24) is 9.55 Å². The first kappa shape index (κ1) is 17.0. The summed E-state index contributed by atoms with van der Waals surface area (Å²) in [6, 6.07) is 13.5. The lowest BCUT2D eigenvalue weighted by Gasteiger charge is -2.13. The normalized spacial score (nSPS) is 12.7. The van der Waals surface area contributed by atoms with Gasteiger partial charge in [-0.1, -0.05) is 43.3 Å². The second kappa shape index (κ2) is 7.41. The predicted molar refractivity (Wildman–Crippen MR) is 103 cm³/mol. The number of para-hydroxylation sites is 1. The molecule has 0 bridgehead atoms. The van der Waals surface area contributed by atoms with Crippen LogP contribution in [0.25, 0.3) is 10.9 Å². The number of ether oxygens (including phenoxy) is 2. The van der Waals surface area contributed by atoms with Crippen molar-refractivity contribution in [1.29, 1.82) is 0 Å². The summed E-state index contributed by atoms with van der Waals surface area (Å²) < 4.78 is 12.6. The summed E-state index contributed by atoms with van der Waals surface area (Å²) in [5.41, 5.74) is 1.90. The number of thioether (sulfide) groups is 1. The van der Waals surface area contributed by atoms with E-state index in [1.807, 2.05) is 47.0 Å². The van der Waals surface area contributed by atoms with Crippen LogP contribution in [-0.2, 0) is 12.3 Å². The maximum Gasteiger partial charge on any atom is 0.262 e. The van der Waals surface area contributed by atoms with Gasteiger partial charge in [0.05, 0.1) is 10.9 Å². The highest BCUT2D eigenvalue weighted by Gasteiger charge is 2.15. The lowest BCUT2D eigenvalue weighted by Crippen LogP contribution is -2.23. The third-order valence-corrected chi connectivity index (χ3v) is 5.41. The molecule has 1 aromatic heterocycles. The number of hydrogen-bond acceptors (Lipinski definition) is 5. The molecule has 4 rings (SSSR count). The quantitative estimate of drug-likeness (QED) is 0.482. The lowest BCUT2D eigenvalue weighted by molar-refractivity contribution is 0.174. The molecule has 1 aliphatic heterocycles. The smallest absolute Gasteiger partial charge is 0.262 e. The fourth-order valence-electron chi connectivity index (χ4n) is 2.95. The molecule has 26 heavy (non-hydrogen) atoms. The highest BCUT2D eigenvalue weighted by Crippen LogP contribution is 2.34. The van der Waals surface area contributed by atoms with Gasteiger partial charge in [0.25, 0.3) is 5.56 Å². The Balaban J connectivity index is 1.65. The molecule has 5 nitrogen and oxygen atoms in total. The minimum absolute atomic E-state index is 0.0391. The number of aromatic nitrogens is 2. The Morgan fingerprint density at radius 2 is 2.00 bits per heavy atom. The molecule has 2 heterocycles. The van der Waals surface area contributed by atoms with Gasteiger partial charge in [-0.3, -0.25) is 9.36 Å². The Morgan fingerprint density at radius 3 is 2.88 bits per heavy atom. The van der Waals surface area contributed by atoms with Crippen molar-refractivity contribution < 1.29 is 9.47 Å². The molecule has 0 unspecified atom stereocenters. The van der Waals surface area contributed by atoms with Gasteiger partial charge in [-0.05, 0) is 36.2 Å². The number of nitrogens with zero attached hydrogens (tertiary/aromatic N) is 2. The van der Waals surface area contributed by atoms with Crippen LogP contribution in [0.3, 0.4) is 0 Å². The standard InChI is InChI=1S/C20H20N2O3S/c1-2-3-10-22-19(23)15-6-4-5-7-16(15)21-20(22)26-12-14-8-9-17-18(11-14)25-13-24-17/h4-9,11H,2-3,10,12-13H2,1H3. The van der Waals surface area contributed by atoms with Crippen LogP contribution in [0.15, 0.2) is 52.4 Å². The highest BCUT2D eigenvalue weighted by molar-refractivity contribution is 7.98. The van der Waals surface area contributed by atoms with Crippen molar-refractivity contribution in [2.24, 2.45) is 0 Å². The minimum atomic E-state index is 0.0391. The third-order valence-electron chi connectivity index (χ3n) is 4.37. The van der Waals surface area contributed by atoms with Crippen molar-refractivity contribution in [3.63, 3.8) is 0 Å². The Hall–Kier alpha value is -2.47. The zero-order valence-corrected chi connectivity index (χ0v) is 15.4. The summed E-state index contributed by atoms with van der Waals surface area (Å²) in [7, 11) is 0. The fourth-order valence-corrected chi connectivity index (χ4v) is 3.92. The van der Waals surface area contributed by atoms with E-state index in [1.165, 1.54) is 0 Å². The first-order valence-electron chi connectivity index (χ1n) is 8.77. The number of benzene rings is 2. The van der Waals surface area contributed by atoms with Crippen LogP contribution in [-0.4, -0.2) is 16.3 Å². The van der Waals surface area contributed by atoms with Crippen molar-refractivity contribution in [3.8, 4) is 11.5 Å². The molecule has 0 spiro atoms. The van der Waals surface area contributed by atoms with Crippen molar-refractivity contribution >= 4 is 22.7 Å². The summed E-state index contributed by atoms with van der Waals surface area (Å²) in [6.07, 6.45) is 1.99. The van der Waals surface area contributed by atoms with Gasteiger partial charge in [-0.15, -0.1) is 0 Å². The second-order valence-corrected chi connectivity index (χ2v) is 7.14. The first-order chi connectivity index (χ1) is 12.8. The van der Waals surface area contributed by atoms with E-state index in [0.29, 0.717) is 17.7 Å². The molecule has 0 N–H and O–H groups in total. The van der Waals surface area contributed by atoms with Crippen LogP contribution < -0.4 is 15.0 Å². The maximum atomic E-state index is 12.9. The molecule has 0 saturated carbocycles. The minimum Gasteiger partial charge on any atom is -0.454 e. The summed E-state index contributed by atoms with van der Waals surface area (Å²) in [5.74, 6) is 2.27. The van der Waals surface area contributed by atoms with Gasteiger partial charge < -0.3 is 9.47 Å². The maximum absolute atomic E-state index is 12.9. The fraction of sp³-hybridized carbons (Fsp3) is 0.300. The molecule has 0 aliphatic carbocycles. The molecule has 0 radical (unpaired) electrons. The Morgan fingerprint density at radius 1 is 1.15 bits per heavy atom. The van der Waals surface area contributed by atoms with Gasteiger partial charge in [-0.2, -0.15) is 0 Å². The average molecular weight is 368 g/mol. The van der Waals surface area contributed by atoms with Crippen LogP contribution in [0.1, 0.15) is 25.3 Å². The summed E-state index contributed by atoms with van der Waals surface area (Å²) in [5, 5.41) is 1.44. The number of rotatable bonds is 6. The van der Waals surface area contributed by atoms with Crippen molar-refractivity contribution in [2.75, 3.05) is 6.79 Å². The van der Waals surface area contributed by atoms with Gasteiger partial charge in [0, 0.05) is 12.3 Å². The molecule has 0 saturated heterocycles. The third kappa shape index (κ3) is 3.29. The van der Waals surface area contributed by atoms with Crippen molar-refractivity contribution in [2.45, 2.75) is 37.2 Å². The SMILES string of the molecule is CCCCn1c(SCc2ccc3c(c2)OCO3)nc2ccccc2c1=O. The molecule has 0 atom stereocenters. The van der Waals surface area contributed by atoms with Gasteiger partial charge in [0.1, 0.15) is 0 Å². The molecule has 3 aromatic rings. The average Bonchev–Trinajstić information content (AvgIpc) is 3.14. The summed E-state index contributed by atoms with van der Waals surface area (Å²) in [6.45, 7) is 3.09. The van der Waals surface area contributed by atoms with E-state index in [-0.39, 0.29) is 12.4 Å². The largest absolute Gasteiger partial charge is 0.454 e. The highest BCUT2D eigenvalue weighted by atomic mass is 32.2. The van der Waals surface area contributed by atoms with Crippen LogP contribution in [0.5, 0.6) is 11.5 Å².